The number of amides is 2. The van der Waals surface area contributed by atoms with Crippen molar-refractivity contribution in [3.05, 3.63) is 65.2 Å². The molecule has 0 aromatic heterocycles. The van der Waals surface area contributed by atoms with Crippen molar-refractivity contribution in [2.24, 2.45) is 0 Å². The van der Waals surface area contributed by atoms with Gasteiger partial charge in [-0.15, -0.1) is 0 Å². The lowest BCUT2D eigenvalue weighted by atomic mass is 10.0. The van der Waals surface area contributed by atoms with Crippen LogP contribution in [0.15, 0.2) is 48.5 Å². The summed E-state index contributed by atoms with van der Waals surface area (Å²) < 4.78 is 0. The molecule has 1 fully saturated rings. The number of nitrogens with one attached hydrogen (secondary N) is 2. The Balaban J connectivity index is 1.73. The highest BCUT2D eigenvalue weighted by atomic mass is 16.2. The molecule has 26 heavy (non-hydrogen) atoms. The smallest absolute Gasteiger partial charge is 0.255 e. The van der Waals surface area contributed by atoms with Crippen molar-refractivity contribution < 1.29 is 9.59 Å². The van der Waals surface area contributed by atoms with E-state index in [1.165, 1.54) is 0 Å². The van der Waals surface area contributed by atoms with Crippen molar-refractivity contribution in [2.45, 2.75) is 25.8 Å². The van der Waals surface area contributed by atoms with E-state index in [-0.39, 0.29) is 11.8 Å². The van der Waals surface area contributed by atoms with Crippen LogP contribution in [0, 0.1) is 6.92 Å². The van der Waals surface area contributed by atoms with E-state index in [1.807, 2.05) is 49.2 Å². The van der Waals surface area contributed by atoms with Crippen LogP contribution in [-0.4, -0.2) is 42.9 Å². The molecular weight excluding hydrogens is 326 g/mol. The third kappa shape index (κ3) is 4.11. The van der Waals surface area contributed by atoms with Crippen LogP contribution in [0.3, 0.4) is 0 Å². The van der Waals surface area contributed by atoms with Gasteiger partial charge in [0.25, 0.3) is 11.8 Å². The van der Waals surface area contributed by atoms with Crippen molar-refractivity contribution in [3.63, 3.8) is 0 Å². The monoisotopic (exact) mass is 351 g/mol. The number of rotatable bonds is 4. The molecule has 5 heteroatoms. The van der Waals surface area contributed by atoms with Crippen molar-refractivity contribution in [2.75, 3.05) is 25.5 Å². The Hall–Kier alpha value is -2.66. The standard InChI is InChI=1S/C21H25N3O2/c1-15-8-9-17(21(26)24-12-10-18(22-2)11-13-24)14-19(15)23-20(25)16-6-4-3-5-7-16/h3-9,14,18,22H,10-13H2,1-2H3,(H,23,25). The third-order valence-corrected chi connectivity index (χ3v) is 4.96. The van der Waals surface area contributed by atoms with Crippen LogP contribution in [0.25, 0.3) is 0 Å². The second kappa shape index (κ2) is 8.15. The van der Waals surface area contributed by atoms with E-state index in [1.54, 1.807) is 18.2 Å². The molecule has 2 aromatic carbocycles. The van der Waals surface area contributed by atoms with E-state index in [2.05, 4.69) is 10.6 Å². The SMILES string of the molecule is CNC1CCN(C(=O)c2ccc(C)c(NC(=O)c3ccccc3)c2)CC1. The summed E-state index contributed by atoms with van der Waals surface area (Å²) >= 11 is 0. The molecule has 0 atom stereocenters. The van der Waals surface area contributed by atoms with Crippen molar-refractivity contribution in [1.29, 1.82) is 0 Å². The Bertz CT molecular complexity index is 781. The van der Waals surface area contributed by atoms with E-state index in [0.717, 1.165) is 31.5 Å². The first-order chi connectivity index (χ1) is 12.6. The number of anilines is 1. The van der Waals surface area contributed by atoms with Gasteiger partial charge in [0.2, 0.25) is 0 Å². The fraction of sp³-hybridized carbons (Fsp3) is 0.333. The van der Waals surface area contributed by atoms with E-state index in [4.69, 9.17) is 0 Å². The minimum Gasteiger partial charge on any atom is -0.339 e. The number of carbonyl (C=O) groups excluding carboxylic acids is 2. The van der Waals surface area contributed by atoms with E-state index >= 15 is 0 Å². The molecule has 1 aliphatic rings. The molecule has 1 heterocycles. The van der Waals surface area contributed by atoms with Crippen LogP contribution in [0.1, 0.15) is 39.1 Å². The average molecular weight is 351 g/mol. The highest BCUT2D eigenvalue weighted by Crippen LogP contribution is 2.21. The van der Waals surface area contributed by atoms with Crippen LogP contribution in [0.4, 0.5) is 5.69 Å². The summed E-state index contributed by atoms with van der Waals surface area (Å²) in [5.74, 6) is -0.150. The molecule has 136 valence electrons. The Kier molecular flexibility index (Phi) is 5.68. The second-order valence-corrected chi connectivity index (χ2v) is 6.70. The lowest BCUT2D eigenvalue weighted by Crippen LogP contribution is -2.43. The van der Waals surface area contributed by atoms with Crippen molar-refractivity contribution in [1.82, 2.24) is 10.2 Å². The van der Waals surface area contributed by atoms with Gasteiger partial charge in [-0.1, -0.05) is 24.3 Å². The Morgan fingerprint density at radius 1 is 1.00 bits per heavy atom. The minimum atomic E-state index is -0.173. The topological polar surface area (TPSA) is 61.4 Å². The van der Waals surface area contributed by atoms with Crippen LogP contribution < -0.4 is 10.6 Å². The van der Waals surface area contributed by atoms with E-state index in [9.17, 15) is 9.59 Å². The number of hydrogen-bond acceptors (Lipinski definition) is 3. The molecule has 3 rings (SSSR count). The molecule has 0 saturated carbocycles. The minimum absolute atomic E-state index is 0.0229. The van der Waals surface area contributed by atoms with Crippen LogP contribution in [0.2, 0.25) is 0 Å². The molecule has 0 bridgehead atoms. The summed E-state index contributed by atoms with van der Waals surface area (Å²) in [6, 6.07) is 15.1. The molecule has 0 radical (unpaired) electrons. The van der Waals surface area contributed by atoms with Crippen LogP contribution in [0.5, 0.6) is 0 Å². The second-order valence-electron chi connectivity index (χ2n) is 6.70. The first kappa shape index (κ1) is 18.1. The zero-order valence-electron chi connectivity index (χ0n) is 15.3. The van der Waals surface area contributed by atoms with Gasteiger partial charge in [0, 0.05) is 35.9 Å². The van der Waals surface area contributed by atoms with Gasteiger partial charge in [0.15, 0.2) is 0 Å². The van der Waals surface area contributed by atoms with Crippen LogP contribution >= 0.6 is 0 Å². The number of likely N-dealkylation sites (tertiary alicyclic amines) is 1. The van der Waals surface area contributed by atoms with Gasteiger partial charge in [-0.25, -0.2) is 0 Å². The van der Waals surface area contributed by atoms with Crippen LogP contribution in [-0.2, 0) is 0 Å². The maximum absolute atomic E-state index is 12.8. The summed E-state index contributed by atoms with van der Waals surface area (Å²) in [6.07, 6.45) is 1.93. The van der Waals surface area contributed by atoms with Crippen molar-refractivity contribution in [3.8, 4) is 0 Å². The first-order valence-corrected chi connectivity index (χ1v) is 9.02. The van der Waals surface area contributed by atoms with Gasteiger partial charge >= 0.3 is 0 Å². The highest BCUT2D eigenvalue weighted by Gasteiger charge is 2.23. The van der Waals surface area contributed by atoms with Gasteiger partial charge in [-0.05, 0) is 56.6 Å². The maximum Gasteiger partial charge on any atom is 0.255 e. The average Bonchev–Trinajstić information content (AvgIpc) is 2.70. The summed E-state index contributed by atoms with van der Waals surface area (Å²) in [4.78, 5) is 27.1. The molecular formula is C21H25N3O2. The van der Waals surface area contributed by atoms with Crippen molar-refractivity contribution >= 4 is 17.5 Å². The molecule has 2 aromatic rings. The van der Waals surface area contributed by atoms with E-state index < -0.39 is 0 Å². The summed E-state index contributed by atoms with van der Waals surface area (Å²) in [7, 11) is 1.96. The lowest BCUT2D eigenvalue weighted by molar-refractivity contribution is 0.0707. The molecule has 1 saturated heterocycles. The van der Waals surface area contributed by atoms with Gasteiger partial charge < -0.3 is 15.5 Å². The Morgan fingerprint density at radius 2 is 1.69 bits per heavy atom. The van der Waals surface area contributed by atoms with Gasteiger partial charge in [0.1, 0.15) is 0 Å². The highest BCUT2D eigenvalue weighted by molar-refractivity contribution is 6.05. The summed E-state index contributed by atoms with van der Waals surface area (Å²) in [6.45, 7) is 3.43. The number of nitrogens with zero attached hydrogens (tertiary/aromatic N) is 1. The normalized spacial score (nSPS) is 14.9. The predicted molar refractivity (Wildman–Crippen MR) is 104 cm³/mol. The van der Waals surface area contributed by atoms with Gasteiger partial charge in [0.05, 0.1) is 0 Å². The van der Waals surface area contributed by atoms with Gasteiger partial charge in [-0.3, -0.25) is 9.59 Å². The number of carbonyl (C=O) groups is 2. The summed E-state index contributed by atoms with van der Waals surface area (Å²) in [5, 5.41) is 6.19. The fourth-order valence-corrected chi connectivity index (χ4v) is 3.23. The number of piperidine rings is 1. The fourth-order valence-electron chi connectivity index (χ4n) is 3.23. The Labute approximate surface area is 154 Å². The predicted octanol–water partition coefficient (Wildman–Crippen LogP) is 3.07. The zero-order valence-corrected chi connectivity index (χ0v) is 15.3. The molecule has 2 amide bonds. The quantitative estimate of drug-likeness (QED) is 0.890. The molecule has 2 N–H and O–H groups in total. The lowest BCUT2D eigenvalue weighted by Gasteiger charge is -2.32. The molecule has 1 aliphatic heterocycles. The molecule has 5 nitrogen and oxygen atoms in total. The van der Waals surface area contributed by atoms with E-state index in [0.29, 0.717) is 22.9 Å². The number of benzene rings is 2. The Morgan fingerprint density at radius 3 is 2.35 bits per heavy atom. The zero-order chi connectivity index (χ0) is 18.5. The first-order valence-electron chi connectivity index (χ1n) is 9.02. The number of hydrogen-bond donors (Lipinski definition) is 2. The third-order valence-electron chi connectivity index (χ3n) is 4.96. The van der Waals surface area contributed by atoms with Gasteiger partial charge in [-0.2, -0.15) is 0 Å². The molecule has 0 aliphatic carbocycles. The molecule has 0 unspecified atom stereocenters. The summed E-state index contributed by atoms with van der Waals surface area (Å²) in [5.41, 5.74) is 2.81. The molecule has 0 spiro atoms. The number of aryl methyl sites for hydroxylation is 1. The maximum atomic E-state index is 12.8. The largest absolute Gasteiger partial charge is 0.339 e.